The highest BCUT2D eigenvalue weighted by atomic mass is 32.1. The molecule has 4 aromatic heterocycles. The molecule has 0 fully saturated rings. The van der Waals surface area contributed by atoms with Crippen molar-refractivity contribution in [2.75, 3.05) is 0 Å². The molecule has 0 aliphatic rings. The van der Waals surface area contributed by atoms with Gasteiger partial charge in [-0.25, -0.2) is 9.97 Å². The third-order valence-corrected chi connectivity index (χ3v) is 13.8. The fraction of sp³-hybridized carbons (Fsp3) is 0.0357. The standard InChI is InChI=1S/C56H35N3OS/c1-32-28-35-18-6-7-19-36(35)29-43(32)49-33(2)55-51(39-21-9-8-20-38(39)49)40-22-10-13-25-45(40)59(55)37-30-44(50-42-24-12-15-27-47(42)61-48(50)31-37)53-52(34-16-4-3-5-17-34)58-56-54(57-53)41-23-11-14-26-46(41)60-56/h3-31H,1-2H3. The van der Waals surface area contributed by atoms with Gasteiger partial charge in [0.2, 0.25) is 5.71 Å². The Morgan fingerprint density at radius 1 is 0.508 bits per heavy atom. The summed E-state index contributed by atoms with van der Waals surface area (Å²) in [4.78, 5) is 10.9. The van der Waals surface area contributed by atoms with Crippen molar-refractivity contribution in [3.63, 3.8) is 0 Å². The van der Waals surface area contributed by atoms with Crippen molar-refractivity contribution in [1.82, 2.24) is 14.5 Å². The highest BCUT2D eigenvalue weighted by Gasteiger charge is 2.26. The molecule has 0 aliphatic carbocycles. The first-order chi connectivity index (χ1) is 30.1. The number of fused-ring (bicyclic) bond motifs is 12. The predicted molar refractivity (Wildman–Crippen MR) is 257 cm³/mol. The van der Waals surface area contributed by atoms with Gasteiger partial charge in [0.1, 0.15) is 16.8 Å². The number of rotatable bonds is 4. The van der Waals surface area contributed by atoms with E-state index >= 15 is 0 Å². The third-order valence-electron chi connectivity index (χ3n) is 12.7. The van der Waals surface area contributed by atoms with Crippen LogP contribution in [-0.2, 0) is 0 Å². The Kier molecular flexibility index (Phi) is 7.28. The first-order valence-electron chi connectivity index (χ1n) is 20.7. The Morgan fingerprint density at radius 3 is 2.02 bits per heavy atom. The zero-order chi connectivity index (χ0) is 40.3. The van der Waals surface area contributed by atoms with Crippen LogP contribution in [0.2, 0.25) is 0 Å². The van der Waals surface area contributed by atoms with Gasteiger partial charge < -0.3 is 8.98 Å². The molecule has 5 heteroatoms. The number of aromatic nitrogens is 3. The van der Waals surface area contributed by atoms with E-state index in [9.17, 15) is 0 Å². The summed E-state index contributed by atoms with van der Waals surface area (Å²) in [5.74, 6) is 0. The van der Waals surface area contributed by atoms with Crippen LogP contribution >= 0.6 is 11.3 Å². The fourth-order valence-electron chi connectivity index (χ4n) is 10.0. The maximum absolute atomic E-state index is 6.38. The van der Waals surface area contributed by atoms with Gasteiger partial charge >= 0.3 is 0 Å². The van der Waals surface area contributed by atoms with E-state index in [2.05, 4.69) is 170 Å². The number of hydrogen-bond acceptors (Lipinski definition) is 4. The molecule has 4 nitrogen and oxygen atoms in total. The van der Waals surface area contributed by atoms with Crippen molar-refractivity contribution in [3.8, 4) is 39.3 Å². The third kappa shape index (κ3) is 4.99. The fourth-order valence-corrected chi connectivity index (χ4v) is 11.2. The Labute approximate surface area is 354 Å². The Hall–Kier alpha value is -7.60. The second kappa shape index (κ2) is 12.9. The summed E-state index contributed by atoms with van der Waals surface area (Å²) in [5, 5.41) is 10.8. The zero-order valence-corrected chi connectivity index (χ0v) is 34.2. The summed E-state index contributed by atoms with van der Waals surface area (Å²) in [5.41, 5.74) is 14.2. The van der Waals surface area contributed by atoms with Gasteiger partial charge in [-0.15, -0.1) is 11.3 Å². The molecule has 0 spiro atoms. The molecule has 0 N–H and O–H groups in total. The van der Waals surface area contributed by atoms with Crippen molar-refractivity contribution in [2.24, 2.45) is 0 Å². The van der Waals surface area contributed by atoms with E-state index in [0.29, 0.717) is 5.71 Å². The van der Waals surface area contributed by atoms with Gasteiger partial charge in [0.05, 0.1) is 16.7 Å². The maximum atomic E-state index is 6.38. The number of para-hydroxylation sites is 2. The van der Waals surface area contributed by atoms with E-state index in [4.69, 9.17) is 14.4 Å². The number of benzene rings is 9. The number of thiophene rings is 1. The van der Waals surface area contributed by atoms with E-state index in [1.807, 2.05) is 35.6 Å². The minimum atomic E-state index is 0.535. The average molecular weight is 798 g/mol. The van der Waals surface area contributed by atoms with E-state index in [1.165, 1.54) is 80.3 Å². The van der Waals surface area contributed by atoms with Crippen LogP contribution in [0, 0.1) is 13.8 Å². The molecule has 0 saturated heterocycles. The van der Waals surface area contributed by atoms with Crippen molar-refractivity contribution in [1.29, 1.82) is 0 Å². The van der Waals surface area contributed by atoms with Crippen LogP contribution in [0.5, 0.6) is 0 Å². The minimum Gasteiger partial charge on any atom is -0.436 e. The normalized spacial score (nSPS) is 12.1. The molecule has 0 aliphatic heterocycles. The van der Waals surface area contributed by atoms with Crippen LogP contribution in [0.4, 0.5) is 0 Å². The van der Waals surface area contributed by atoms with Crippen LogP contribution in [0.1, 0.15) is 11.1 Å². The van der Waals surface area contributed by atoms with Gasteiger partial charge in [0.15, 0.2) is 0 Å². The Balaban J connectivity index is 1.19. The van der Waals surface area contributed by atoms with E-state index < -0.39 is 0 Å². The highest BCUT2D eigenvalue weighted by molar-refractivity contribution is 7.26. The Morgan fingerprint density at radius 2 is 1.18 bits per heavy atom. The molecule has 0 amide bonds. The molecular formula is C56H35N3OS. The second-order valence-electron chi connectivity index (χ2n) is 16.1. The van der Waals surface area contributed by atoms with Crippen LogP contribution < -0.4 is 0 Å². The number of aryl methyl sites for hydroxylation is 2. The van der Waals surface area contributed by atoms with Crippen LogP contribution in [0.25, 0.3) is 125 Å². The predicted octanol–water partition coefficient (Wildman–Crippen LogP) is 15.8. The average Bonchev–Trinajstić information content (AvgIpc) is 3.98. The molecule has 0 unspecified atom stereocenters. The number of furan rings is 1. The minimum absolute atomic E-state index is 0.535. The van der Waals surface area contributed by atoms with Gasteiger partial charge in [0, 0.05) is 53.1 Å². The first-order valence-corrected chi connectivity index (χ1v) is 21.6. The summed E-state index contributed by atoms with van der Waals surface area (Å²) in [6.45, 7) is 4.58. The highest BCUT2D eigenvalue weighted by Crippen LogP contribution is 2.48. The number of nitrogens with zero attached hydrogens (tertiary/aromatic N) is 3. The smallest absolute Gasteiger partial charge is 0.246 e. The largest absolute Gasteiger partial charge is 0.436 e. The molecule has 61 heavy (non-hydrogen) atoms. The lowest BCUT2D eigenvalue weighted by atomic mass is 9.87. The lowest BCUT2D eigenvalue weighted by molar-refractivity contribution is 0.653. The molecule has 13 rings (SSSR count). The molecule has 4 heterocycles. The van der Waals surface area contributed by atoms with Gasteiger partial charge in [0.25, 0.3) is 0 Å². The van der Waals surface area contributed by atoms with Gasteiger partial charge in [-0.3, -0.25) is 0 Å². The van der Waals surface area contributed by atoms with E-state index in [-0.39, 0.29) is 0 Å². The lowest BCUT2D eigenvalue weighted by Gasteiger charge is -2.19. The van der Waals surface area contributed by atoms with Crippen molar-refractivity contribution in [3.05, 3.63) is 187 Å². The summed E-state index contributed by atoms with van der Waals surface area (Å²) >= 11 is 1.83. The zero-order valence-electron chi connectivity index (χ0n) is 33.4. The van der Waals surface area contributed by atoms with Crippen molar-refractivity contribution >= 4 is 97.1 Å². The van der Waals surface area contributed by atoms with Gasteiger partial charge in [-0.2, -0.15) is 0 Å². The molecule has 286 valence electrons. The second-order valence-corrected chi connectivity index (χ2v) is 17.2. The van der Waals surface area contributed by atoms with E-state index in [1.54, 1.807) is 0 Å². The quantitative estimate of drug-likeness (QED) is 0.178. The number of hydrogen-bond donors (Lipinski definition) is 0. The summed E-state index contributed by atoms with van der Waals surface area (Å²) < 4.78 is 11.3. The molecule has 0 bridgehead atoms. The SMILES string of the molecule is Cc1cc2ccccc2cc1-c1c(C)c2c(c3ccccc13)c1ccccc1n2-c1cc(-c2nc3c(nc2-c2ccccc2)oc2ccccc23)c2c(c1)sc1ccccc12. The van der Waals surface area contributed by atoms with Gasteiger partial charge in [-0.1, -0.05) is 133 Å². The maximum Gasteiger partial charge on any atom is 0.246 e. The van der Waals surface area contributed by atoms with E-state index in [0.717, 1.165) is 50.2 Å². The molecule has 13 aromatic rings. The molecule has 0 atom stereocenters. The van der Waals surface area contributed by atoms with Crippen LogP contribution in [0.15, 0.2) is 180 Å². The van der Waals surface area contributed by atoms with Crippen LogP contribution in [-0.4, -0.2) is 14.5 Å². The summed E-state index contributed by atoms with van der Waals surface area (Å²) in [6.07, 6.45) is 0. The van der Waals surface area contributed by atoms with Crippen molar-refractivity contribution < 1.29 is 4.42 Å². The van der Waals surface area contributed by atoms with Crippen molar-refractivity contribution in [2.45, 2.75) is 13.8 Å². The molecule has 0 radical (unpaired) electrons. The monoisotopic (exact) mass is 797 g/mol. The van der Waals surface area contributed by atoms with Gasteiger partial charge in [-0.05, 0) is 100 Å². The van der Waals surface area contributed by atoms with Crippen LogP contribution in [0.3, 0.4) is 0 Å². The summed E-state index contributed by atoms with van der Waals surface area (Å²) in [6, 6.07) is 63.3. The first kappa shape index (κ1) is 34.3. The molecule has 9 aromatic carbocycles. The molecular weight excluding hydrogens is 763 g/mol. The Bertz CT molecular complexity index is 3970. The lowest BCUT2D eigenvalue weighted by Crippen LogP contribution is -2.00. The molecule has 0 saturated carbocycles. The summed E-state index contributed by atoms with van der Waals surface area (Å²) in [7, 11) is 0. The topological polar surface area (TPSA) is 43.9 Å².